The summed E-state index contributed by atoms with van der Waals surface area (Å²) in [5.41, 5.74) is 3.20. The molecule has 10 nitrogen and oxygen atoms in total. The number of hydrogen-bond acceptors (Lipinski definition) is 9. The number of carbonyl (C=O) groups is 1. The van der Waals surface area contributed by atoms with Crippen LogP contribution in [0.15, 0.2) is 36.8 Å². The van der Waals surface area contributed by atoms with Crippen molar-refractivity contribution in [3.05, 3.63) is 48.3 Å². The maximum Gasteiger partial charge on any atom is 0.219 e. The molecule has 3 aromatic heterocycles. The average molecular weight is 489 g/mol. The highest BCUT2D eigenvalue weighted by molar-refractivity contribution is 5.74. The number of ether oxygens (including phenoxy) is 1. The fourth-order valence-electron chi connectivity index (χ4n) is 4.86. The lowest BCUT2D eigenvalue weighted by molar-refractivity contribution is -0.132. The standard InChI is InChI=1S/C26H32N8O2/c1-17-12-21(13-25(29-17)33-8-10-36-11-9-33)30-24-14-22(23-15-27-6-7-28-23)31-26(32-24)20-5-4-18(2)34(16-20)19(3)35/h6-7,12-15,18,20H,4-5,8-11,16H2,1-3H3,(H,29,30,31,32)/t18-,20+/m0/s1. The first-order valence-corrected chi connectivity index (χ1v) is 12.5. The van der Waals surface area contributed by atoms with E-state index in [4.69, 9.17) is 19.7 Å². The van der Waals surface area contributed by atoms with Crippen molar-refractivity contribution in [3.8, 4) is 11.4 Å². The van der Waals surface area contributed by atoms with Gasteiger partial charge in [-0.05, 0) is 32.8 Å². The van der Waals surface area contributed by atoms with Gasteiger partial charge in [0.05, 0.1) is 25.1 Å². The number of nitrogens with one attached hydrogen (secondary N) is 1. The summed E-state index contributed by atoms with van der Waals surface area (Å²) in [5, 5.41) is 3.48. The third-order valence-corrected chi connectivity index (χ3v) is 6.77. The van der Waals surface area contributed by atoms with Crippen molar-refractivity contribution in [3.63, 3.8) is 0 Å². The Labute approximate surface area is 211 Å². The molecule has 2 fully saturated rings. The molecule has 2 atom stereocenters. The van der Waals surface area contributed by atoms with Gasteiger partial charge in [0.1, 0.15) is 23.2 Å². The van der Waals surface area contributed by atoms with Crippen LogP contribution in [0.25, 0.3) is 11.4 Å². The van der Waals surface area contributed by atoms with Crippen LogP contribution in [-0.4, -0.2) is 74.6 Å². The highest BCUT2D eigenvalue weighted by atomic mass is 16.5. The second-order valence-corrected chi connectivity index (χ2v) is 9.46. The van der Waals surface area contributed by atoms with E-state index in [1.807, 2.05) is 30.0 Å². The number of morpholine rings is 1. The Bertz CT molecular complexity index is 1220. The lowest BCUT2D eigenvalue weighted by Gasteiger charge is -2.37. The van der Waals surface area contributed by atoms with Crippen molar-refractivity contribution in [1.82, 2.24) is 29.8 Å². The molecular weight excluding hydrogens is 456 g/mol. The Kier molecular flexibility index (Phi) is 7.04. The Morgan fingerprint density at radius 3 is 2.64 bits per heavy atom. The van der Waals surface area contributed by atoms with E-state index < -0.39 is 0 Å². The molecule has 3 aromatic rings. The number of aromatic nitrogens is 5. The summed E-state index contributed by atoms with van der Waals surface area (Å²) in [6, 6.07) is 6.17. The monoisotopic (exact) mass is 488 g/mol. The zero-order chi connectivity index (χ0) is 25.1. The molecule has 5 rings (SSSR count). The maximum absolute atomic E-state index is 12.2. The molecule has 0 radical (unpaired) electrons. The number of piperidine rings is 1. The van der Waals surface area contributed by atoms with Crippen molar-refractivity contribution >= 4 is 23.2 Å². The Balaban J connectivity index is 1.48. The van der Waals surface area contributed by atoms with Crippen molar-refractivity contribution in [1.29, 1.82) is 0 Å². The van der Waals surface area contributed by atoms with Crippen LogP contribution >= 0.6 is 0 Å². The number of pyridine rings is 1. The van der Waals surface area contributed by atoms with E-state index in [1.165, 1.54) is 0 Å². The van der Waals surface area contributed by atoms with Gasteiger partial charge >= 0.3 is 0 Å². The lowest BCUT2D eigenvalue weighted by Crippen LogP contribution is -2.44. The van der Waals surface area contributed by atoms with Gasteiger partial charge in [-0.25, -0.2) is 15.0 Å². The number of amides is 1. The van der Waals surface area contributed by atoms with Crippen molar-refractivity contribution < 1.29 is 9.53 Å². The van der Waals surface area contributed by atoms with Crippen LogP contribution in [0.5, 0.6) is 0 Å². The van der Waals surface area contributed by atoms with E-state index >= 15 is 0 Å². The maximum atomic E-state index is 12.2. The van der Waals surface area contributed by atoms with Gasteiger partial charge in [0, 0.05) is 74.4 Å². The number of hydrogen-bond donors (Lipinski definition) is 1. The van der Waals surface area contributed by atoms with Gasteiger partial charge in [0.15, 0.2) is 0 Å². The molecule has 0 aromatic carbocycles. The van der Waals surface area contributed by atoms with E-state index in [2.05, 4.69) is 27.1 Å². The molecule has 0 bridgehead atoms. The molecule has 36 heavy (non-hydrogen) atoms. The van der Waals surface area contributed by atoms with Gasteiger partial charge in [-0.15, -0.1) is 0 Å². The topological polar surface area (TPSA) is 109 Å². The second kappa shape index (κ2) is 10.5. The molecule has 0 aliphatic carbocycles. The summed E-state index contributed by atoms with van der Waals surface area (Å²) in [4.78, 5) is 39.5. The Morgan fingerprint density at radius 1 is 1.06 bits per heavy atom. The number of anilines is 3. The van der Waals surface area contributed by atoms with Gasteiger partial charge in [0.2, 0.25) is 5.91 Å². The van der Waals surface area contributed by atoms with E-state index in [0.29, 0.717) is 42.8 Å². The number of aryl methyl sites for hydroxylation is 1. The third-order valence-electron chi connectivity index (χ3n) is 6.77. The molecule has 188 valence electrons. The van der Waals surface area contributed by atoms with Crippen LogP contribution in [0.4, 0.5) is 17.3 Å². The lowest BCUT2D eigenvalue weighted by atomic mass is 9.92. The molecule has 0 spiro atoms. The molecule has 0 unspecified atom stereocenters. The first-order valence-electron chi connectivity index (χ1n) is 12.5. The largest absolute Gasteiger partial charge is 0.378 e. The first-order chi connectivity index (χ1) is 17.5. The second-order valence-electron chi connectivity index (χ2n) is 9.46. The van der Waals surface area contributed by atoms with Crippen LogP contribution in [0, 0.1) is 6.92 Å². The quantitative estimate of drug-likeness (QED) is 0.578. The fourth-order valence-corrected chi connectivity index (χ4v) is 4.86. The SMILES string of the molecule is CC(=O)N1C[C@H](c2nc(Nc3cc(C)nc(N4CCOCC4)c3)cc(-c3cnccn3)n2)CC[C@@H]1C. The predicted octanol–water partition coefficient (Wildman–Crippen LogP) is 3.33. The van der Waals surface area contributed by atoms with Crippen LogP contribution in [0.3, 0.4) is 0 Å². The number of carbonyl (C=O) groups excluding carboxylic acids is 1. The zero-order valence-electron chi connectivity index (χ0n) is 21.0. The van der Waals surface area contributed by atoms with Crippen LogP contribution < -0.4 is 10.2 Å². The minimum atomic E-state index is 0.0466. The van der Waals surface area contributed by atoms with Crippen molar-refractivity contribution in [2.75, 3.05) is 43.1 Å². The van der Waals surface area contributed by atoms with E-state index in [0.717, 1.165) is 43.1 Å². The summed E-state index contributed by atoms with van der Waals surface area (Å²) in [6.07, 6.45) is 6.84. The van der Waals surface area contributed by atoms with E-state index in [1.54, 1.807) is 25.5 Å². The Hall–Kier alpha value is -3.66. The number of likely N-dealkylation sites (tertiary alicyclic amines) is 1. The molecule has 5 heterocycles. The van der Waals surface area contributed by atoms with Crippen LogP contribution in [0.1, 0.15) is 44.1 Å². The normalized spacial score (nSPS) is 20.3. The van der Waals surface area contributed by atoms with E-state index in [9.17, 15) is 4.79 Å². The van der Waals surface area contributed by atoms with Gasteiger partial charge in [-0.2, -0.15) is 0 Å². The third kappa shape index (κ3) is 5.43. The average Bonchev–Trinajstić information content (AvgIpc) is 2.89. The molecule has 1 N–H and O–H groups in total. The number of nitrogens with zero attached hydrogens (tertiary/aromatic N) is 7. The summed E-state index contributed by atoms with van der Waals surface area (Å²) >= 11 is 0. The van der Waals surface area contributed by atoms with E-state index in [-0.39, 0.29) is 17.9 Å². The van der Waals surface area contributed by atoms with Gasteiger partial charge in [-0.3, -0.25) is 14.8 Å². The summed E-state index contributed by atoms with van der Waals surface area (Å²) in [7, 11) is 0. The van der Waals surface area contributed by atoms with Crippen LogP contribution in [-0.2, 0) is 9.53 Å². The summed E-state index contributed by atoms with van der Waals surface area (Å²) < 4.78 is 5.49. The minimum absolute atomic E-state index is 0.0466. The predicted molar refractivity (Wildman–Crippen MR) is 137 cm³/mol. The molecular formula is C26H32N8O2. The summed E-state index contributed by atoms with van der Waals surface area (Å²) in [5.74, 6) is 2.43. The molecule has 2 aliphatic heterocycles. The molecule has 2 aliphatic rings. The number of rotatable bonds is 5. The van der Waals surface area contributed by atoms with Crippen LogP contribution in [0.2, 0.25) is 0 Å². The minimum Gasteiger partial charge on any atom is -0.378 e. The molecule has 0 saturated carbocycles. The fraction of sp³-hybridized carbons (Fsp3) is 0.462. The summed E-state index contributed by atoms with van der Waals surface area (Å²) in [6.45, 7) is 9.35. The van der Waals surface area contributed by atoms with Gasteiger partial charge in [0.25, 0.3) is 0 Å². The molecule has 2 saturated heterocycles. The highest BCUT2D eigenvalue weighted by Gasteiger charge is 2.30. The van der Waals surface area contributed by atoms with Gasteiger partial charge in [-0.1, -0.05) is 0 Å². The highest BCUT2D eigenvalue weighted by Crippen LogP contribution is 2.31. The molecule has 10 heteroatoms. The first kappa shape index (κ1) is 24.1. The van der Waals surface area contributed by atoms with Crippen molar-refractivity contribution in [2.45, 2.75) is 45.6 Å². The smallest absolute Gasteiger partial charge is 0.219 e. The Morgan fingerprint density at radius 2 is 1.89 bits per heavy atom. The molecule has 1 amide bonds. The van der Waals surface area contributed by atoms with Gasteiger partial charge < -0.3 is 19.9 Å². The van der Waals surface area contributed by atoms with Crippen molar-refractivity contribution in [2.24, 2.45) is 0 Å². The zero-order valence-corrected chi connectivity index (χ0v) is 21.0.